The highest BCUT2D eigenvalue weighted by molar-refractivity contribution is 6.11. The third kappa shape index (κ3) is 2.68. The Morgan fingerprint density at radius 3 is 2.38 bits per heavy atom. The number of anilines is 2. The van der Waals surface area contributed by atoms with Crippen LogP contribution in [0.1, 0.15) is 12.5 Å². The Bertz CT molecular complexity index is 1100. The summed E-state index contributed by atoms with van der Waals surface area (Å²) in [6.07, 6.45) is 3.49. The molecule has 1 aromatic carbocycles. The first-order valence-electron chi connectivity index (χ1n) is 9.04. The van der Waals surface area contributed by atoms with Gasteiger partial charge in [0, 0.05) is 43.0 Å². The summed E-state index contributed by atoms with van der Waals surface area (Å²) >= 11 is 0. The van der Waals surface area contributed by atoms with Crippen molar-refractivity contribution >= 4 is 28.4 Å². The Kier molecular flexibility index (Phi) is 4.52. The number of carbonyl (C=O) groups excluding carboxylic acids is 1. The van der Waals surface area contributed by atoms with Gasteiger partial charge in [0.05, 0.1) is 26.5 Å². The van der Waals surface area contributed by atoms with E-state index in [0.717, 1.165) is 22.0 Å². The quantitative estimate of drug-likeness (QED) is 0.666. The summed E-state index contributed by atoms with van der Waals surface area (Å²) in [7, 11) is 4.39. The molecule has 152 valence electrons. The normalized spacial score (nSPS) is 13.8. The number of carbonyl (C=O) groups is 1. The molecule has 0 fully saturated rings. The molecule has 0 saturated heterocycles. The minimum Gasteiger partial charge on any atom is -0.493 e. The van der Waals surface area contributed by atoms with Gasteiger partial charge in [0.2, 0.25) is 0 Å². The van der Waals surface area contributed by atoms with Gasteiger partial charge in [0.1, 0.15) is 11.3 Å². The molecule has 1 aliphatic heterocycles. The lowest BCUT2D eigenvalue weighted by molar-refractivity contribution is 0.249. The lowest BCUT2D eigenvalue weighted by atomic mass is 10.1. The molecule has 0 radical (unpaired) electrons. The van der Waals surface area contributed by atoms with Crippen molar-refractivity contribution in [3.8, 4) is 11.5 Å². The second-order valence-electron chi connectivity index (χ2n) is 6.67. The SMILES string of the molecule is CCN1C(=O)N(c2c(F)c(OC)cc(OC)c2F)Cc2cnc3c(ccn3C)c21. The van der Waals surface area contributed by atoms with Crippen molar-refractivity contribution in [2.24, 2.45) is 7.05 Å². The summed E-state index contributed by atoms with van der Waals surface area (Å²) < 4.78 is 41.9. The van der Waals surface area contributed by atoms with E-state index in [4.69, 9.17) is 9.47 Å². The van der Waals surface area contributed by atoms with Gasteiger partial charge in [-0.2, -0.15) is 0 Å². The van der Waals surface area contributed by atoms with Crippen LogP contribution in [-0.2, 0) is 13.6 Å². The summed E-state index contributed by atoms with van der Waals surface area (Å²) in [6, 6.07) is 2.45. The number of halogens is 2. The van der Waals surface area contributed by atoms with E-state index in [1.807, 2.05) is 23.9 Å². The van der Waals surface area contributed by atoms with Gasteiger partial charge in [-0.15, -0.1) is 0 Å². The molecular formula is C20H20F2N4O3. The highest BCUT2D eigenvalue weighted by Crippen LogP contribution is 2.42. The predicted molar refractivity (Wildman–Crippen MR) is 105 cm³/mol. The van der Waals surface area contributed by atoms with Crippen molar-refractivity contribution in [1.82, 2.24) is 9.55 Å². The molecule has 0 spiro atoms. The van der Waals surface area contributed by atoms with Crippen molar-refractivity contribution in [3.63, 3.8) is 0 Å². The van der Waals surface area contributed by atoms with Crippen molar-refractivity contribution in [2.45, 2.75) is 13.5 Å². The van der Waals surface area contributed by atoms with Crippen LogP contribution in [0, 0.1) is 11.6 Å². The Balaban J connectivity index is 1.93. The monoisotopic (exact) mass is 402 g/mol. The van der Waals surface area contributed by atoms with Gasteiger partial charge in [-0.25, -0.2) is 18.6 Å². The van der Waals surface area contributed by atoms with Crippen LogP contribution in [0.4, 0.5) is 25.0 Å². The zero-order valence-electron chi connectivity index (χ0n) is 16.5. The number of rotatable bonds is 4. The summed E-state index contributed by atoms with van der Waals surface area (Å²) in [6.45, 7) is 2.09. The van der Waals surface area contributed by atoms with Crippen LogP contribution in [0.3, 0.4) is 0 Å². The van der Waals surface area contributed by atoms with Crippen LogP contribution in [0.15, 0.2) is 24.5 Å². The van der Waals surface area contributed by atoms with E-state index in [1.165, 1.54) is 19.1 Å². The number of pyridine rings is 1. The van der Waals surface area contributed by atoms with E-state index in [2.05, 4.69) is 4.98 Å². The maximum atomic E-state index is 15.0. The Hall–Kier alpha value is -3.36. The molecule has 9 heteroatoms. The van der Waals surface area contributed by atoms with Gasteiger partial charge in [0.25, 0.3) is 0 Å². The van der Waals surface area contributed by atoms with Crippen LogP contribution in [0.5, 0.6) is 11.5 Å². The first-order valence-corrected chi connectivity index (χ1v) is 9.04. The number of ether oxygens (including phenoxy) is 2. The number of benzene rings is 1. The van der Waals surface area contributed by atoms with Gasteiger partial charge in [-0.1, -0.05) is 0 Å². The van der Waals surface area contributed by atoms with Gasteiger partial charge in [-0.05, 0) is 13.0 Å². The molecule has 4 rings (SSSR count). The van der Waals surface area contributed by atoms with Crippen LogP contribution in [0.2, 0.25) is 0 Å². The molecule has 2 aromatic heterocycles. The number of urea groups is 1. The molecule has 0 N–H and O–H groups in total. The van der Waals surface area contributed by atoms with Gasteiger partial charge >= 0.3 is 6.03 Å². The summed E-state index contributed by atoms with van der Waals surface area (Å²) in [5.41, 5.74) is 1.60. The van der Waals surface area contributed by atoms with Gasteiger partial charge in [0.15, 0.2) is 23.1 Å². The number of hydrogen-bond donors (Lipinski definition) is 0. The topological polar surface area (TPSA) is 59.8 Å². The van der Waals surface area contributed by atoms with Crippen LogP contribution >= 0.6 is 0 Å². The molecule has 29 heavy (non-hydrogen) atoms. The highest BCUT2D eigenvalue weighted by Gasteiger charge is 2.37. The van der Waals surface area contributed by atoms with Crippen LogP contribution in [0.25, 0.3) is 11.0 Å². The molecule has 0 atom stereocenters. The van der Waals surface area contributed by atoms with E-state index >= 15 is 8.78 Å². The van der Waals surface area contributed by atoms with E-state index in [-0.39, 0.29) is 18.0 Å². The molecule has 0 saturated carbocycles. The highest BCUT2D eigenvalue weighted by atomic mass is 19.1. The van der Waals surface area contributed by atoms with Gasteiger partial charge < -0.3 is 14.0 Å². The summed E-state index contributed by atoms with van der Waals surface area (Å²) in [4.78, 5) is 20.3. The first kappa shape index (κ1) is 19.0. The summed E-state index contributed by atoms with van der Waals surface area (Å²) in [5, 5.41) is 0.809. The zero-order valence-corrected chi connectivity index (χ0v) is 16.5. The smallest absolute Gasteiger partial charge is 0.329 e. The number of nitrogens with zero attached hydrogens (tertiary/aromatic N) is 4. The fourth-order valence-corrected chi connectivity index (χ4v) is 3.73. The number of aryl methyl sites for hydroxylation is 1. The zero-order chi connectivity index (χ0) is 20.9. The lowest BCUT2D eigenvalue weighted by Gasteiger charge is -2.37. The minimum absolute atomic E-state index is 0.0351. The Morgan fingerprint density at radius 2 is 1.79 bits per heavy atom. The minimum atomic E-state index is -0.965. The third-order valence-corrected chi connectivity index (χ3v) is 5.14. The Morgan fingerprint density at radius 1 is 1.14 bits per heavy atom. The van der Waals surface area contributed by atoms with Crippen LogP contribution < -0.4 is 19.3 Å². The molecule has 0 bridgehead atoms. The van der Waals surface area contributed by atoms with Gasteiger partial charge in [-0.3, -0.25) is 9.80 Å². The number of amides is 2. The molecule has 0 unspecified atom stereocenters. The fraction of sp³-hybridized carbons (Fsp3) is 0.300. The second kappa shape index (κ2) is 6.91. The maximum Gasteiger partial charge on any atom is 0.329 e. The molecule has 2 amide bonds. The molecule has 3 heterocycles. The average Bonchev–Trinajstić information content (AvgIpc) is 3.10. The number of hydrogen-bond acceptors (Lipinski definition) is 4. The average molecular weight is 402 g/mol. The van der Waals surface area contributed by atoms with Crippen molar-refractivity contribution in [3.05, 3.63) is 41.7 Å². The third-order valence-electron chi connectivity index (χ3n) is 5.14. The predicted octanol–water partition coefficient (Wildman–Crippen LogP) is 3.84. The van der Waals surface area contributed by atoms with E-state index in [1.54, 1.807) is 13.1 Å². The summed E-state index contributed by atoms with van der Waals surface area (Å²) in [5.74, 6) is -2.35. The number of methoxy groups -OCH3 is 2. The molecule has 3 aromatic rings. The largest absolute Gasteiger partial charge is 0.493 e. The van der Waals surface area contributed by atoms with Crippen molar-refractivity contribution in [2.75, 3.05) is 30.6 Å². The van der Waals surface area contributed by atoms with Crippen molar-refractivity contribution < 1.29 is 23.0 Å². The number of aromatic nitrogens is 2. The fourth-order valence-electron chi connectivity index (χ4n) is 3.73. The van der Waals surface area contributed by atoms with E-state index < -0.39 is 23.4 Å². The van der Waals surface area contributed by atoms with Crippen molar-refractivity contribution in [1.29, 1.82) is 0 Å². The van der Waals surface area contributed by atoms with E-state index in [0.29, 0.717) is 17.8 Å². The van der Waals surface area contributed by atoms with Crippen LogP contribution in [-0.4, -0.2) is 36.3 Å². The second-order valence-corrected chi connectivity index (χ2v) is 6.67. The molecule has 0 aliphatic carbocycles. The molecule has 7 nitrogen and oxygen atoms in total. The standard InChI is InChI=1S/C20H20F2N4O3/c1-5-25-17-11(9-23-19-12(17)6-7-24(19)2)10-26(20(25)27)18-15(21)13(28-3)8-14(29-4)16(18)22/h6-9H,5,10H2,1-4H3. The maximum absolute atomic E-state index is 15.0. The molecule has 1 aliphatic rings. The Labute approximate surface area is 166 Å². The number of fused-ring (bicyclic) bond motifs is 3. The van der Waals surface area contributed by atoms with E-state index in [9.17, 15) is 4.79 Å². The first-order chi connectivity index (χ1) is 13.9. The lowest BCUT2D eigenvalue weighted by Crippen LogP contribution is -2.48. The molecular weight excluding hydrogens is 382 g/mol.